The summed E-state index contributed by atoms with van der Waals surface area (Å²) >= 11 is 0. The fourth-order valence-corrected chi connectivity index (χ4v) is 1.62. The molecule has 0 aliphatic carbocycles. The maximum atomic E-state index is 11.4. The number of methoxy groups -OCH3 is 1. The van der Waals surface area contributed by atoms with Crippen LogP contribution in [0, 0.1) is 5.92 Å². The molecule has 14 heavy (non-hydrogen) atoms. The number of hydrogen-bond donors (Lipinski definition) is 1. The summed E-state index contributed by atoms with van der Waals surface area (Å²) < 4.78 is 4.71. The van der Waals surface area contributed by atoms with E-state index >= 15 is 0 Å². The SMILES string of the molecule is COCC(=O)N1CCCC(C(=O)O)C1. The van der Waals surface area contributed by atoms with E-state index in [1.54, 1.807) is 4.90 Å². The molecule has 0 saturated carbocycles. The minimum absolute atomic E-state index is 0.0341. The molecule has 1 fully saturated rings. The van der Waals surface area contributed by atoms with Gasteiger partial charge in [0, 0.05) is 20.2 Å². The molecule has 1 aliphatic rings. The highest BCUT2D eigenvalue weighted by atomic mass is 16.5. The number of carbonyl (C=O) groups excluding carboxylic acids is 1. The van der Waals surface area contributed by atoms with Gasteiger partial charge in [-0.3, -0.25) is 9.59 Å². The molecule has 5 heteroatoms. The Labute approximate surface area is 82.6 Å². The summed E-state index contributed by atoms with van der Waals surface area (Å²) in [5.41, 5.74) is 0. The van der Waals surface area contributed by atoms with Crippen LogP contribution in [0.2, 0.25) is 0 Å². The lowest BCUT2D eigenvalue weighted by Crippen LogP contribution is -2.43. The third kappa shape index (κ3) is 2.70. The summed E-state index contributed by atoms with van der Waals surface area (Å²) in [6, 6.07) is 0. The van der Waals surface area contributed by atoms with Crippen LogP contribution in [-0.4, -0.2) is 48.7 Å². The van der Waals surface area contributed by atoms with Gasteiger partial charge in [0.25, 0.3) is 0 Å². The van der Waals surface area contributed by atoms with Crippen LogP contribution in [0.4, 0.5) is 0 Å². The lowest BCUT2D eigenvalue weighted by molar-refractivity contribution is -0.146. The molecule has 80 valence electrons. The highest BCUT2D eigenvalue weighted by Gasteiger charge is 2.27. The van der Waals surface area contributed by atoms with Crippen molar-refractivity contribution in [3.05, 3.63) is 0 Å². The Morgan fingerprint density at radius 3 is 2.86 bits per heavy atom. The van der Waals surface area contributed by atoms with Crippen LogP contribution in [-0.2, 0) is 14.3 Å². The average molecular weight is 201 g/mol. The maximum absolute atomic E-state index is 11.4. The zero-order chi connectivity index (χ0) is 10.6. The van der Waals surface area contributed by atoms with Crippen molar-refractivity contribution < 1.29 is 19.4 Å². The molecule has 1 amide bonds. The predicted molar refractivity (Wildman–Crippen MR) is 48.8 cm³/mol. The van der Waals surface area contributed by atoms with Crippen molar-refractivity contribution in [2.45, 2.75) is 12.8 Å². The summed E-state index contributed by atoms with van der Waals surface area (Å²) in [7, 11) is 1.45. The van der Waals surface area contributed by atoms with Crippen LogP contribution in [0.5, 0.6) is 0 Å². The van der Waals surface area contributed by atoms with Gasteiger partial charge in [-0.05, 0) is 12.8 Å². The number of carboxylic acids is 1. The van der Waals surface area contributed by atoms with Gasteiger partial charge in [0.05, 0.1) is 5.92 Å². The van der Waals surface area contributed by atoms with E-state index in [4.69, 9.17) is 9.84 Å². The smallest absolute Gasteiger partial charge is 0.308 e. The van der Waals surface area contributed by atoms with Crippen LogP contribution in [0.1, 0.15) is 12.8 Å². The molecule has 1 atom stereocenters. The van der Waals surface area contributed by atoms with Gasteiger partial charge in [-0.1, -0.05) is 0 Å². The fourth-order valence-electron chi connectivity index (χ4n) is 1.62. The topological polar surface area (TPSA) is 66.8 Å². The minimum atomic E-state index is -0.820. The van der Waals surface area contributed by atoms with Crippen LogP contribution in [0.15, 0.2) is 0 Å². The molecule has 1 saturated heterocycles. The Morgan fingerprint density at radius 1 is 1.57 bits per heavy atom. The van der Waals surface area contributed by atoms with E-state index in [9.17, 15) is 9.59 Å². The van der Waals surface area contributed by atoms with Crippen molar-refractivity contribution in [3.63, 3.8) is 0 Å². The Bertz CT molecular complexity index is 229. The molecule has 1 rings (SSSR count). The van der Waals surface area contributed by atoms with Crippen molar-refractivity contribution in [1.82, 2.24) is 4.90 Å². The molecule has 1 unspecified atom stereocenters. The maximum Gasteiger partial charge on any atom is 0.308 e. The normalized spacial score (nSPS) is 22.1. The number of amides is 1. The molecular weight excluding hydrogens is 186 g/mol. The number of nitrogens with zero attached hydrogens (tertiary/aromatic N) is 1. The van der Waals surface area contributed by atoms with Crippen LogP contribution in [0.25, 0.3) is 0 Å². The number of likely N-dealkylation sites (tertiary alicyclic amines) is 1. The Balaban J connectivity index is 2.47. The first-order chi connectivity index (χ1) is 6.65. The Morgan fingerprint density at radius 2 is 2.29 bits per heavy atom. The number of carbonyl (C=O) groups is 2. The van der Waals surface area contributed by atoms with Crippen molar-refractivity contribution in [1.29, 1.82) is 0 Å². The number of piperidine rings is 1. The van der Waals surface area contributed by atoms with Gasteiger partial charge < -0.3 is 14.7 Å². The van der Waals surface area contributed by atoms with E-state index in [0.29, 0.717) is 19.5 Å². The minimum Gasteiger partial charge on any atom is -0.481 e. The first-order valence-electron chi connectivity index (χ1n) is 4.64. The van der Waals surface area contributed by atoms with Crippen LogP contribution in [0.3, 0.4) is 0 Å². The summed E-state index contributed by atoms with van der Waals surface area (Å²) in [5, 5.41) is 8.80. The highest BCUT2D eigenvalue weighted by molar-refractivity contribution is 5.79. The molecule has 0 bridgehead atoms. The van der Waals surface area contributed by atoms with E-state index in [1.165, 1.54) is 7.11 Å². The fraction of sp³-hybridized carbons (Fsp3) is 0.778. The molecule has 1 N–H and O–H groups in total. The predicted octanol–water partition coefficient (Wildman–Crippen LogP) is -0.0440. The number of carboxylic acid groups (broad SMARTS) is 1. The standard InChI is InChI=1S/C9H15NO4/c1-14-6-8(11)10-4-2-3-7(5-10)9(12)13/h7H,2-6H2,1H3,(H,12,13). The van der Waals surface area contributed by atoms with E-state index < -0.39 is 11.9 Å². The average Bonchev–Trinajstić information content (AvgIpc) is 2.18. The second-order valence-electron chi connectivity index (χ2n) is 3.45. The van der Waals surface area contributed by atoms with Crippen LogP contribution < -0.4 is 0 Å². The molecule has 0 radical (unpaired) electrons. The van der Waals surface area contributed by atoms with E-state index in [-0.39, 0.29) is 12.5 Å². The van der Waals surface area contributed by atoms with Crippen molar-refractivity contribution >= 4 is 11.9 Å². The van der Waals surface area contributed by atoms with Crippen molar-refractivity contribution in [2.75, 3.05) is 26.8 Å². The molecule has 1 aliphatic heterocycles. The summed E-state index contributed by atoms with van der Waals surface area (Å²) in [4.78, 5) is 23.6. The third-order valence-corrected chi connectivity index (χ3v) is 2.39. The van der Waals surface area contributed by atoms with E-state index in [1.807, 2.05) is 0 Å². The van der Waals surface area contributed by atoms with Crippen molar-refractivity contribution in [3.8, 4) is 0 Å². The second-order valence-corrected chi connectivity index (χ2v) is 3.45. The zero-order valence-corrected chi connectivity index (χ0v) is 8.23. The molecule has 0 spiro atoms. The number of hydrogen-bond acceptors (Lipinski definition) is 3. The number of ether oxygens (including phenoxy) is 1. The van der Waals surface area contributed by atoms with Gasteiger partial charge in [0.15, 0.2) is 0 Å². The van der Waals surface area contributed by atoms with Gasteiger partial charge in [-0.25, -0.2) is 0 Å². The molecule has 5 nitrogen and oxygen atoms in total. The second kappa shape index (κ2) is 4.95. The molecule has 0 aromatic heterocycles. The number of rotatable bonds is 3. The van der Waals surface area contributed by atoms with Gasteiger partial charge in [-0.15, -0.1) is 0 Å². The lowest BCUT2D eigenvalue weighted by Gasteiger charge is -2.30. The largest absolute Gasteiger partial charge is 0.481 e. The monoisotopic (exact) mass is 201 g/mol. The molecule has 1 heterocycles. The van der Waals surface area contributed by atoms with E-state index in [2.05, 4.69) is 0 Å². The van der Waals surface area contributed by atoms with Gasteiger partial charge in [-0.2, -0.15) is 0 Å². The lowest BCUT2D eigenvalue weighted by atomic mass is 9.98. The highest BCUT2D eigenvalue weighted by Crippen LogP contribution is 2.16. The Kier molecular flexibility index (Phi) is 3.88. The zero-order valence-electron chi connectivity index (χ0n) is 8.23. The summed E-state index contributed by atoms with van der Waals surface area (Å²) in [6.45, 7) is 0.996. The van der Waals surface area contributed by atoms with Gasteiger partial charge in [0.2, 0.25) is 5.91 Å². The third-order valence-electron chi connectivity index (χ3n) is 2.39. The summed E-state index contributed by atoms with van der Waals surface area (Å²) in [5.74, 6) is -1.36. The first kappa shape index (κ1) is 11.0. The Hall–Kier alpha value is -1.10. The molecular formula is C9H15NO4. The van der Waals surface area contributed by atoms with Gasteiger partial charge >= 0.3 is 5.97 Å². The quantitative estimate of drug-likeness (QED) is 0.695. The van der Waals surface area contributed by atoms with E-state index in [0.717, 1.165) is 6.42 Å². The van der Waals surface area contributed by atoms with Crippen LogP contribution >= 0.6 is 0 Å². The van der Waals surface area contributed by atoms with Gasteiger partial charge in [0.1, 0.15) is 6.61 Å². The number of aliphatic carboxylic acids is 1. The molecule has 0 aromatic rings. The van der Waals surface area contributed by atoms with Crippen molar-refractivity contribution in [2.24, 2.45) is 5.92 Å². The summed E-state index contributed by atoms with van der Waals surface area (Å²) in [6.07, 6.45) is 1.42. The first-order valence-corrected chi connectivity index (χ1v) is 4.64. The molecule has 0 aromatic carbocycles.